The molecule has 19 heavy (non-hydrogen) atoms. The van der Waals surface area contributed by atoms with Crippen molar-refractivity contribution in [3.8, 4) is 0 Å². The van der Waals surface area contributed by atoms with E-state index in [1.165, 1.54) is 25.1 Å². The zero-order valence-electron chi connectivity index (χ0n) is 10.8. The first kappa shape index (κ1) is 15.1. The minimum Gasteiger partial charge on any atom is -0.478 e. The van der Waals surface area contributed by atoms with Crippen molar-refractivity contribution in [1.29, 1.82) is 0 Å². The third-order valence-electron chi connectivity index (χ3n) is 2.76. The van der Waals surface area contributed by atoms with Crippen LogP contribution in [0.3, 0.4) is 0 Å². The Kier molecular flexibility index (Phi) is 5.02. The van der Waals surface area contributed by atoms with Gasteiger partial charge in [-0.1, -0.05) is 6.07 Å². The Morgan fingerprint density at radius 2 is 1.95 bits per heavy atom. The number of carbonyl (C=O) groups is 2. The average Bonchev–Trinajstić information content (AvgIpc) is 2.34. The van der Waals surface area contributed by atoms with Gasteiger partial charge in [0, 0.05) is 13.5 Å². The predicted molar refractivity (Wildman–Crippen MR) is 67.8 cm³/mol. The second kappa shape index (κ2) is 6.31. The van der Waals surface area contributed by atoms with Crippen molar-refractivity contribution in [2.45, 2.75) is 26.1 Å². The highest BCUT2D eigenvalue weighted by molar-refractivity contribution is 5.87. The summed E-state index contributed by atoms with van der Waals surface area (Å²) in [6.45, 7) is 2.89. The number of rotatable bonds is 5. The van der Waals surface area contributed by atoms with Crippen LogP contribution in [0.1, 0.15) is 34.5 Å². The highest BCUT2D eigenvalue weighted by atomic mass is 16.4. The highest BCUT2D eigenvalue weighted by Crippen LogP contribution is 2.21. The van der Waals surface area contributed by atoms with Crippen molar-refractivity contribution >= 4 is 11.9 Å². The number of aliphatic hydroxyl groups is 2. The third-order valence-corrected chi connectivity index (χ3v) is 2.76. The van der Waals surface area contributed by atoms with Crippen molar-refractivity contribution < 1.29 is 24.9 Å². The van der Waals surface area contributed by atoms with E-state index < -0.39 is 18.2 Å². The van der Waals surface area contributed by atoms with E-state index in [2.05, 4.69) is 5.32 Å². The Balaban J connectivity index is 2.84. The maximum atomic E-state index is 10.8. The zero-order chi connectivity index (χ0) is 14.6. The Hall–Kier alpha value is -1.92. The number of hydrogen-bond acceptors (Lipinski definition) is 4. The lowest BCUT2D eigenvalue weighted by molar-refractivity contribution is -0.119. The lowest BCUT2D eigenvalue weighted by Gasteiger charge is -2.20. The molecule has 1 aromatic carbocycles. The molecule has 1 rings (SSSR count). The lowest BCUT2D eigenvalue weighted by Crippen LogP contribution is -2.34. The van der Waals surface area contributed by atoms with Crippen LogP contribution in [-0.2, 0) is 4.79 Å². The summed E-state index contributed by atoms with van der Waals surface area (Å²) in [5.74, 6) is -1.35. The fourth-order valence-electron chi connectivity index (χ4n) is 1.71. The highest BCUT2D eigenvalue weighted by Gasteiger charge is 2.20. The zero-order valence-corrected chi connectivity index (χ0v) is 10.8. The number of aliphatic hydroxyl groups excluding tert-OH is 2. The number of nitrogens with one attached hydrogen (secondary N) is 1. The number of carboxylic acids is 1. The molecule has 0 saturated heterocycles. The molecule has 6 nitrogen and oxygen atoms in total. The van der Waals surface area contributed by atoms with Gasteiger partial charge in [-0.2, -0.15) is 0 Å². The molecule has 0 aromatic heterocycles. The first-order valence-electron chi connectivity index (χ1n) is 5.77. The fourth-order valence-corrected chi connectivity index (χ4v) is 1.71. The quantitative estimate of drug-likeness (QED) is 0.610. The summed E-state index contributed by atoms with van der Waals surface area (Å²) in [4.78, 5) is 21.5. The summed E-state index contributed by atoms with van der Waals surface area (Å²) in [6, 6.07) is 4.24. The molecule has 0 aliphatic rings. The van der Waals surface area contributed by atoms with Crippen LogP contribution >= 0.6 is 0 Å². The van der Waals surface area contributed by atoms with Gasteiger partial charge in [0.05, 0.1) is 5.56 Å². The Labute approximate surface area is 110 Å². The maximum absolute atomic E-state index is 10.8. The number of benzene rings is 1. The van der Waals surface area contributed by atoms with Crippen molar-refractivity contribution in [2.75, 3.05) is 6.54 Å². The summed E-state index contributed by atoms with van der Waals surface area (Å²) >= 11 is 0. The molecule has 2 unspecified atom stereocenters. The van der Waals surface area contributed by atoms with E-state index in [0.29, 0.717) is 11.1 Å². The van der Waals surface area contributed by atoms with Crippen molar-refractivity contribution in [3.63, 3.8) is 0 Å². The number of aromatic carboxylic acids is 1. The molecule has 0 aliphatic carbocycles. The molecule has 0 spiro atoms. The second-order valence-corrected chi connectivity index (χ2v) is 4.33. The van der Waals surface area contributed by atoms with Crippen LogP contribution in [0.5, 0.6) is 0 Å². The van der Waals surface area contributed by atoms with Crippen LogP contribution in [0.2, 0.25) is 0 Å². The molecule has 1 aromatic rings. The molecule has 0 bridgehead atoms. The summed E-state index contributed by atoms with van der Waals surface area (Å²) in [5.41, 5.74) is 1.11. The molecule has 0 fully saturated rings. The molecule has 2 atom stereocenters. The molecular formula is C13H17NO5. The molecule has 104 valence electrons. The van der Waals surface area contributed by atoms with Crippen molar-refractivity contribution in [3.05, 3.63) is 34.9 Å². The first-order chi connectivity index (χ1) is 8.82. The fraction of sp³-hybridized carbons (Fsp3) is 0.385. The van der Waals surface area contributed by atoms with E-state index in [0.717, 1.165) is 0 Å². The van der Waals surface area contributed by atoms with E-state index in [1.54, 1.807) is 6.92 Å². The maximum Gasteiger partial charge on any atom is 0.335 e. The summed E-state index contributed by atoms with van der Waals surface area (Å²) < 4.78 is 0. The van der Waals surface area contributed by atoms with Gasteiger partial charge in [0.25, 0.3) is 0 Å². The van der Waals surface area contributed by atoms with Crippen molar-refractivity contribution in [1.82, 2.24) is 5.32 Å². The van der Waals surface area contributed by atoms with E-state index in [1.807, 2.05) is 0 Å². The molecule has 4 N–H and O–H groups in total. The van der Waals surface area contributed by atoms with Gasteiger partial charge in [0.2, 0.25) is 5.91 Å². The largest absolute Gasteiger partial charge is 0.478 e. The summed E-state index contributed by atoms with van der Waals surface area (Å²) in [7, 11) is 0. The van der Waals surface area contributed by atoms with Gasteiger partial charge < -0.3 is 20.6 Å². The number of carboxylic acid groups (broad SMARTS) is 1. The Bertz CT molecular complexity index is 486. The Morgan fingerprint density at radius 1 is 1.32 bits per heavy atom. The smallest absolute Gasteiger partial charge is 0.335 e. The van der Waals surface area contributed by atoms with Gasteiger partial charge in [0.1, 0.15) is 12.2 Å². The lowest BCUT2D eigenvalue weighted by atomic mass is 9.97. The molecular weight excluding hydrogens is 250 g/mol. The van der Waals surface area contributed by atoms with Gasteiger partial charge in [0.15, 0.2) is 0 Å². The number of carbonyl (C=O) groups excluding carboxylic acids is 1. The van der Waals surface area contributed by atoms with Crippen LogP contribution in [0.15, 0.2) is 18.2 Å². The average molecular weight is 267 g/mol. The van der Waals surface area contributed by atoms with Crippen LogP contribution in [-0.4, -0.2) is 39.8 Å². The van der Waals surface area contributed by atoms with E-state index >= 15 is 0 Å². The van der Waals surface area contributed by atoms with Gasteiger partial charge >= 0.3 is 5.97 Å². The second-order valence-electron chi connectivity index (χ2n) is 4.33. The Morgan fingerprint density at radius 3 is 2.42 bits per heavy atom. The first-order valence-corrected chi connectivity index (χ1v) is 5.77. The summed E-state index contributed by atoms with van der Waals surface area (Å²) in [5, 5.41) is 30.9. The normalized spacial score (nSPS) is 13.7. The minimum absolute atomic E-state index is 0.0728. The topological polar surface area (TPSA) is 107 Å². The number of amides is 1. The van der Waals surface area contributed by atoms with E-state index in [9.17, 15) is 19.8 Å². The molecule has 0 aliphatic heterocycles. The number of hydrogen-bond donors (Lipinski definition) is 4. The van der Waals surface area contributed by atoms with E-state index in [-0.39, 0.29) is 18.0 Å². The van der Waals surface area contributed by atoms with Crippen LogP contribution in [0, 0.1) is 6.92 Å². The summed E-state index contributed by atoms with van der Waals surface area (Å²) in [6.07, 6.45) is -2.34. The monoisotopic (exact) mass is 267 g/mol. The minimum atomic E-state index is -1.19. The van der Waals surface area contributed by atoms with Gasteiger partial charge in [-0.15, -0.1) is 0 Å². The van der Waals surface area contributed by atoms with Crippen molar-refractivity contribution in [2.24, 2.45) is 0 Å². The SMILES string of the molecule is CC(=O)NCC(O)C(O)c1ccc(C(=O)O)cc1C. The van der Waals surface area contributed by atoms with Crippen LogP contribution in [0.4, 0.5) is 0 Å². The molecule has 1 amide bonds. The predicted octanol–water partition coefficient (Wildman–Crippen LogP) is 0.224. The van der Waals surface area contributed by atoms with E-state index in [4.69, 9.17) is 5.11 Å². The van der Waals surface area contributed by atoms with Gasteiger partial charge in [-0.25, -0.2) is 4.79 Å². The van der Waals surface area contributed by atoms with Crippen LogP contribution < -0.4 is 5.32 Å². The standard InChI is InChI=1S/C13H17NO5/c1-7-5-9(13(18)19)3-4-10(7)12(17)11(16)6-14-8(2)15/h3-5,11-12,16-17H,6H2,1-2H3,(H,14,15)(H,18,19). The third kappa shape index (κ3) is 4.04. The molecule has 6 heteroatoms. The van der Waals surface area contributed by atoms with Crippen LogP contribution in [0.25, 0.3) is 0 Å². The molecule has 0 saturated carbocycles. The van der Waals surface area contributed by atoms with Gasteiger partial charge in [-0.05, 0) is 30.2 Å². The molecule has 0 radical (unpaired) electrons. The van der Waals surface area contributed by atoms with Gasteiger partial charge in [-0.3, -0.25) is 4.79 Å². The number of aryl methyl sites for hydroxylation is 1. The molecule has 0 heterocycles.